The number of hydrogen-bond acceptors (Lipinski definition) is 3. The van der Waals surface area contributed by atoms with Crippen molar-refractivity contribution < 1.29 is 13.9 Å². The molecule has 1 aliphatic rings. The molecule has 2 rings (SSSR count). The predicted molar refractivity (Wildman–Crippen MR) is 106 cm³/mol. The average Bonchev–Trinajstić information content (AvgIpc) is 3.32. The van der Waals surface area contributed by atoms with Crippen LogP contribution in [0.15, 0.2) is 29.3 Å². The van der Waals surface area contributed by atoms with E-state index in [1.165, 1.54) is 6.07 Å². The maximum Gasteiger partial charge on any atom is 0.407 e. The number of hydrogen-bond donors (Lipinski definition) is 3. The molecule has 1 amide bonds. The third-order valence-corrected chi connectivity index (χ3v) is 4.03. The van der Waals surface area contributed by atoms with Gasteiger partial charge < -0.3 is 20.7 Å². The molecule has 2 atom stereocenters. The Hall–Kier alpha value is -2.31. The van der Waals surface area contributed by atoms with Crippen LogP contribution < -0.4 is 16.0 Å². The van der Waals surface area contributed by atoms with E-state index >= 15 is 0 Å². The molecule has 0 aliphatic heterocycles. The van der Waals surface area contributed by atoms with E-state index in [2.05, 4.69) is 20.9 Å². The number of amides is 1. The molecular formula is C20H31FN4O2. The van der Waals surface area contributed by atoms with E-state index in [4.69, 9.17) is 4.74 Å². The average molecular weight is 378 g/mol. The highest BCUT2D eigenvalue weighted by Gasteiger charge is 2.40. The minimum absolute atomic E-state index is 0.151. The van der Waals surface area contributed by atoms with Crippen LogP contribution in [0.3, 0.4) is 0 Å². The molecule has 27 heavy (non-hydrogen) atoms. The van der Waals surface area contributed by atoms with E-state index in [0.29, 0.717) is 19.5 Å². The number of benzene rings is 1. The Labute approximate surface area is 161 Å². The zero-order chi connectivity index (χ0) is 19.9. The van der Waals surface area contributed by atoms with Gasteiger partial charge in [0.2, 0.25) is 0 Å². The Morgan fingerprint density at radius 3 is 2.70 bits per heavy atom. The first-order valence-corrected chi connectivity index (χ1v) is 9.56. The van der Waals surface area contributed by atoms with Crippen LogP contribution in [-0.4, -0.2) is 43.3 Å². The van der Waals surface area contributed by atoms with Gasteiger partial charge in [0.1, 0.15) is 11.4 Å². The zero-order valence-electron chi connectivity index (χ0n) is 16.6. The van der Waals surface area contributed by atoms with Gasteiger partial charge in [-0.2, -0.15) is 0 Å². The lowest BCUT2D eigenvalue weighted by molar-refractivity contribution is 0.0527. The number of ether oxygens (including phenoxy) is 1. The molecule has 7 heteroatoms. The van der Waals surface area contributed by atoms with Gasteiger partial charge in [-0.1, -0.05) is 18.2 Å². The molecule has 6 nitrogen and oxygen atoms in total. The van der Waals surface area contributed by atoms with Crippen LogP contribution in [0.2, 0.25) is 0 Å². The molecule has 1 fully saturated rings. The van der Waals surface area contributed by atoms with Crippen molar-refractivity contribution >= 4 is 12.1 Å². The maximum atomic E-state index is 13.9. The van der Waals surface area contributed by atoms with Gasteiger partial charge in [-0.3, -0.25) is 4.99 Å². The van der Waals surface area contributed by atoms with Crippen molar-refractivity contribution in [1.29, 1.82) is 0 Å². The van der Waals surface area contributed by atoms with E-state index in [1.54, 1.807) is 6.07 Å². The van der Waals surface area contributed by atoms with Crippen LogP contribution in [0.4, 0.5) is 9.18 Å². The first kappa shape index (κ1) is 21.0. The van der Waals surface area contributed by atoms with Gasteiger partial charge in [0.15, 0.2) is 5.96 Å². The molecule has 0 saturated heterocycles. The third kappa shape index (κ3) is 7.45. The molecule has 0 radical (unpaired) electrons. The Morgan fingerprint density at radius 2 is 2.04 bits per heavy atom. The smallest absolute Gasteiger partial charge is 0.407 e. The van der Waals surface area contributed by atoms with E-state index in [0.717, 1.165) is 24.5 Å². The zero-order valence-corrected chi connectivity index (χ0v) is 16.6. The van der Waals surface area contributed by atoms with Gasteiger partial charge in [-0.25, -0.2) is 9.18 Å². The fourth-order valence-electron chi connectivity index (χ4n) is 2.74. The van der Waals surface area contributed by atoms with E-state index in [-0.39, 0.29) is 17.8 Å². The normalized spacial score (nSPS) is 19.4. The molecule has 2 unspecified atom stereocenters. The molecule has 1 aliphatic carbocycles. The van der Waals surface area contributed by atoms with Crippen LogP contribution in [-0.2, 0) is 4.74 Å². The number of carbonyl (C=O) groups is 1. The first-order chi connectivity index (χ1) is 12.8. The number of halogens is 1. The van der Waals surface area contributed by atoms with Crippen molar-refractivity contribution in [2.24, 2.45) is 4.99 Å². The largest absolute Gasteiger partial charge is 0.444 e. The first-order valence-electron chi connectivity index (χ1n) is 9.56. The maximum absolute atomic E-state index is 13.9. The molecule has 1 aromatic rings. The molecule has 0 bridgehead atoms. The predicted octanol–water partition coefficient (Wildman–Crippen LogP) is 3.15. The fraction of sp³-hybridized carbons (Fsp3) is 0.600. The summed E-state index contributed by atoms with van der Waals surface area (Å²) in [7, 11) is 0. The minimum atomic E-state index is -0.497. The highest BCUT2D eigenvalue weighted by Crippen LogP contribution is 2.41. The summed E-state index contributed by atoms with van der Waals surface area (Å²) in [5, 5.41) is 9.28. The van der Waals surface area contributed by atoms with Crippen LogP contribution in [0.1, 0.15) is 52.0 Å². The van der Waals surface area contributed by atoms with Crippen molar-refractivity contribution in [2.75, 3.05) is 19.6 Å². The topological polar surface area (TPSA) is 74.8 Å². The van der Waals surface area contributed by atoms with Gasteiger partial charge in [0.25, 0.3) is 0 Å². The highest BCUT2D eigenvalue weighted by molar-refractivity contribution is 5.80. The summed E-state index contributed by atoms with van der Waals surface area (Å²) in [4.78, 5) is 16.1. The summed E-state index contributed by atoms with van der Waals surface area (Å²) in [6.45, 7) is 9.32. The number of rotatable bonds is 7. The van der Waals surface area contributed by atoms with Gasteiger partial charge in [-0.15, -0.1) is 0 Å². The van der Waals surface area contributed by atoms with Gasteiger partial charge in [0.05, 0.1) is 0 Å². The lowest BCUT2D eigenvalue weighted by Gasteiger charge is -2.19. The van der Waals surface area contributed by atoms with E-state index in [9.17, 15) is 9.18 Å². The molecule has 1 saturated carbocycles. The highest BCUT2D eigenvalue weighted by atomic mass is 19.1. The van der Waals surface area contributed by atoms with Crippen LogP contribution in [0, 0.1) is 5.82 Å². The summed E-state index contributed by atoms with van der Waals surface area (Å²) >= 11 is 0. The van der Waals surface area contributed by atoms with E-state index < -0.39 is 11.7 Å². The third-order valence-electron chi connectivity index (χ3n) is 4.03. The van der Waals surface area contributed by atoms with Gasteiger partial charge in [0, 0.05) is 31.6 Å². The molecule has 0 aromatic heterocycles. The number of carbonyl (C=O) groups excluding carboxylic acids is 1. The SMILES string of the molecule is CCNC(=NCCCNC(=O)OC(C)(C)C)NC1CC1c1ccccc1F. The summed E-state index contributed by atoms with van der Waals surface area (Å²) in [6.07, 6.45) is 1.19. The Balaban J connectivity index is 1.74. The van der Waals surface area contributed by atoms with Crippen molar-refractivity contribution in [3.8, 4) is 0 Å². The summed E-state index contributed by atoms with van der Waals surface area (Å²) in [5.41, 5.74) is 0.260. The quantitative estimate of drug-likeness (QED) is 0.387. The van der Waals surface area contributed by atoms with Crippen molar-refractivity contribution in [2.45, 2.75) is 58.1 Å². The summed E-state index contributed by atoms with van der Waals surface area (Å²) in [6, 6.07) is 7.11. The number of nitrogens with zero attached hydrogens (tertiary/aromatic N) is 1. The molecule has 150 valence electrons. The molecular weight excluding hydrogens is 347 g/mol. The number of alkyl carbamates (subject to hydrolysis) is 1. The number of guanidine groups is 1. The monoisotopic (exact) mass is 378 g/mol. The second-order valence-electron chi connectivity index (χ2n) is 7.66. The van der Waals surface area contributed by atoms with Crippen LogP contribution >= 0.6 is 0 Å². The lowest BCUT2D eigenvalue weighted by atomic mass is 10.1. The molecule has 0 spiro atoms. The second kappa shape index (κ2) is 9.58. The molecule has 0 heterocycles. The van der Waals surface area contributed by atoms with Gasteiger partial charge in [-0.05, 0) is 52.2 Å². The molecule has 1 aromatic carbocycles. The second-order valence-corrected chi connectivity index (χ2v) is 7.66. The summed E-state index contributed by atoms with van der Waals surface area (Å²) < 4.78 is 19.1. The Kier molecular flexibility index (Phi) is 7.45. The van der Waals surface area contributed by atoms with Crippen molar-refractivity contribution in [3.63, 3.8) is 0 Å². The van der Waals surface area contributed by atoms with Gasteiger partial charge >= 0.3 is 6.09 Å². The fourth-order valence-corrected chi connectivity index (χ4v) is 2.74. The molecule has 3 N–H and O–H groups in total. The van der Waals surface area contributed by atoms with E-state index in [1.807, 2.05) is 39.8 Å². The Bertz CT molecular complexity index is 658. The van der Waals surface area contributed by atoms with Crippen molar-refractivity contribution in [1.82, 2.24) is 16.0 Å². The van der Waals surface area contributed by atoms with Crippen molar-refractivity contribution in [3.05, 3.63) is 35.6 Å². The minimum Gasteiger partial charge on any atom is -0.444 e. The Morgan fingerprint density at radius 1 is 1.30 bits per heavy atom. The number of nitrogens with one attached hydrogen (secondary N) is 3. The lowest BCUT2D eigenvalue weighted by Crippen LogP contribution is -2.39. The van der Waals surface area contributed by atoms with Crippen LogP contribution in [0.25, 0.3) is 0 Å². The standard InChI is InChI=1S/C20H31FN4O2/c1-5-22-18(23-11-8-12-24-19(26)27-20(2,3)4)25-17-13-15(17)14-9-6-7-10-16(14)21/h6-7,9-10,15,17H,5,8,11-13H2,1-4H3,(H,24,26)(H2,22,23,25). The van der Waals surface area contributed by atoms with Crippen LogP contribution in [0.5, 0.6) is 0 Å². The summed E-state index contributed by atoms with van der Waals surface area (Å²) in [5.74, 6) is 0.754. The number of aliphatic imine (C=N–C) groups is 1.